The van der Waals surface area contributed by atoms with Crippen LogP contribution < -0.4 is 10.6 Å². The summed E-state index contributed by atoms with van der Waals surface area (Å²) < 4.78 is 13.4. The Morgan fingerprint density at radius 3 is 2.40 bits per heavy atom. The highest BCUT2D eigenvalue weighted by Gasteiger charge is 2.52. The summed E-state index contributed by atoms with van der Waals surface area (Å²) in [6.45, 7) is 3.90. The van der Waals surface area contributed by atoms with Gasteiger partial charge in [0.25, 0.3) is 5.91 Å². The molecule has 0 spiro atoms. The van der Waals surface area contributed by atoms with Gasteiger partial charge in [0.15, 0.2) is 0 Å². The van der Waals surface area contributed by atoms with Crippen LogP contribution in [-0.4, -0.2) is 29.3 Å². The van der Waals surface area contributed by atoms with Crippen molar-refractivity contribution in [3.05, 3.63) is 71.0 Å². The number of hydrogen-bond acceptors (Lipinski definition) is 3. The van der Waals surface area contributed by atoms with Crippen LogP contribution in [0.15, 0.2) is 48.5 Å². The lowest BCUT2D eigenvalue weighted by Crippen LogP contribution is -2.45. The zero-order valence-electron chi connectivity index (χ0n) is 17.2. The fourth-order valence-corrected chi connectivity index (χ4v) is 3.56. The predicted molar refractivity (Wildman–Crippen MR) is 111 cm³/mol. The van der Waals surface area contributed by atoms with Gasteiger partial charge in [-0.3, -0.25) is 14.5 Å². The zero-order valence-corrected chi connectivity index (χ0v) is 17.2. The number of rotatable bonds is 8. The zero-order chi connectivity index (χ0) is 21.7. The monoisotopic (exact) mass is 411 g/mol. The summed E-state index contributed by atoms with van der Waals surface area (Å²) in [6, 6.07) is 12.6. The van der Waals surface area contributed by atoms with Crippen molar-refractivity contribution in [2.75, 3.05) is 6.54 Å². The molecule has 0 saturated carbocycles. The van der Waals surface area contributed by atoms with Crippen molar-refractivity contribution in [1.82, 2.24) is 15.5 Å². The van der Waals surface area contributed by atoms with Crippen LogP contribution in [-0.2, 0) is 21.7 Å². The highest BCUT2D eigenvalue weighted by Crippen LogP contribution is 2.34. The Balaban J connectivity index is 1.73. The molecule has 6 nitrogen and oxygen atoms in total. The van der Waals surface area contributed by atoms with Crippen molar-refractivity contribution >= 4 is 17.8 Å². The second-order valence-electron chi connectivity index (χ2n) is 7.60. The van der Waals surface area contributed by atoms with E-state index in [0.717, 1.165) is 22.4 Å². The van der Waals surface area contributed by atoms with E-state index in [-0.39, 0.29) is 6.54 Å². The van der Waals surface area contributed by atoms with Crippen LogP contribution in [0.25, 0.3) is 0 Å². The lowest BCUT2D eigenvalue weighted by molar-refractivity contribution is -0.135. The summed E-state index contributed by atoms with van der Waals surface area (Å²) in [5, 5.41) is 5.50. The molecular formula is C23H26FN3O3. The van der Waals surface area contributed by atoms with Crippen molar-refractivity contribution in [2.24, 2.45) is 0 Å². The molecule has 1 atom stereocenters. The Morgan fingerprint density at radius 2 is 1.77 bits per heavy atom. The summed E-state index contributed by atoms with van der Waals surface area (Å²) >= 11 is 0. The molecule has 1 saturated heterocycles. The summed E-state index contributed by atoms with van der Waals surface area (Å²) in [7, 11) is 0. The maximum absolute atomic E-state index is 13.4. The number of nitrogens with zero attached hydrogens (tertiary/aromatic N) is 1. The largest absolute Gasteiger partial charge is 0.350 e. The molecule has 4 amide bonds. The average molecular weight is 411 g/mol. The van der Waals surface area contributed by atoms with Gasteiger partial charge in [0.1, 0.15) is 17.9 Å². The third-order valence-corrected chi connectivity index (χ3v) is 5.33. The molecule has 7 heteroatoms. The average Bonchev–Trinajstić information content (AvgIpc) is 2.97. The second kappa shape index (κ2) is 9.07. The smallest absolute Gasteiger partial charge is 0.325 e. The Labute approximate surface area is 175 Å². The number of amides is 4. The standard InChI is InChI=1S/C23H26FN3O3/c1-3-4-13-23(18-9-11-19(24)12-10-18)21(29)27(22(30)26-23)15-20(28)25-14-17-7-5-16(2)6-8-17/h5-12H,3-4,13-15H2,1-2H3,(H,25,28)(H,26,30). The number of carbonyl (C=O) groups is 3. The van der Waals surface area contributed by atoms with Crippen molar-refractivity contribution in [3.63, 3.8) is 0 Å². The molecular weight excluding hydrogens is 385 g/mol. The van der Waals surface area contributed by atoms with Gasteiger partial charge in [-0.05, 0) is 36.6 Å². The summed E-state index contributed by atoms with van der Waals surface area (Å²) in [5.41, 5.74) is 1.28. The Morgan fingerprint density at radius 1 is 1.10 bits per heavy atom. The molecule has 3 rings (SSSR count). The molecule has 0 aromatic heterocycles. The minimum Gasteiger partial charge on any atom is -0.350 e. The molecule has 2 aromatic carbocycles. The van der Waals surface area contributed by atoms with Gasteiger partial charge in [0.05, 0.1) is 0 Å². The van der Waals surface area contributed by atoms with Crippen LogP contribution in [0, 0.1) is 12.7 Å². The second-order valence-corrected chi connectivity index (χ2v) is 7.60. The summed E-state index contributed by atoms with van der Waals surface area (Å²) in [5.74, 6) is -1.34. The van der Waals surface area contributed by atoms with E-state index >= 15 is 0 Å². The predicted octanol–water partition coefficient (Wildman–Crippen LogP) is 3.39. The van der Waals surface area contributed by atoms with Crippen LogP contribution in [0.5, 0.6) is 0 Å². The number of aryl methyl sites for hydroxylation is 1. The van der Waals surface area contributed by atoms with Crippen LogP contribution in [0.1, 0.15) is 42.9 Å². The molecule has 0 aliphatic carbocycles. The topological polar surface area (TPSA) is 78.5 Å². The van der Waals surface area contributed by atoms with Crippen LogP contribution in [0.2, 0.25) is 0 Å². The Bertz CT molecular complexity index is 928. The van der Waals surface area contributed by atoms with Crippen molar-refractivity contribution in [3.8, 4) is 0 Å². The van der Waals surface area contributed by atoms with Gasteiger partial charge in [-0.15, -0.1) is 0 Å². The highest BCUT2D eigenvalue weighted by molar-refractivity contribution is 6.09. The maximum atomic E-state index is 13.4. The van der Waals surface area contributed by atoms with E-state index in [1.807, 2.05) is 38.1 Å². The van der Waals surface area contributed by atoms with Gasteiger partial charge in [0, 0.05) is 6.54 Å². The van der Waals surface area contributed by atoms with Gasteiger partial charge in [-0.1, -0.05) is 61.7 Å². The van der Waals surface area contributed by atoms with Gasteiger partial charge in [0.2, 0.25) is 5.91 Å². The summed E-state index contributed by atoms with van der Waals surface area (Å²) in [6.07, 6.45) is 1.89. The molecule has 158 valence electrons. The lowest BCUT2D eigenvalue weighted by atomic mass is 9.85. The van der Waals surface area contributed by atoms with Gasteiger partial charge >= 0.3 is 6.03 Å². The lowest BCUT2D eigenvalue weighted by Gasteiger charge is -2.27. The molecule has 2 aromatic rings. The number of halogens is 1. The van der Waals surface area contributed by atoms with E-state index in [4.69, 9.17) is 0 Å². The SMILES string of the molecule is CCCCC1(c2ccc(F)cc2)NC(=O)N(CC(=O)NCc2ccc(C)cc2)C1=O. The molecule has 1 aliphatic heterocycles. The van der Waals surface area contributed by atoms with Crippen LogP contribution >= 0.6 is 0 Å². The molecule has 1 fully saturated rings. The van der Waals surface area contributed by atoms with E-state index in [9.17, 15) is 18.8 Å². The first-order valence-electron chi connectivity index (χ1n) is 10.1. The minimum atomic E-state index is -1.28. The molecule has 0 radical (unpaired) electrons. The number of unbranched alkanes of at least 4 members (excludes halogenated alkanes) is 1. The Hall–Kier alpha value is -3.22. The normalized spacial score (nSPS) is 18.4. The number of imide groups is 1. The minimum absolute atomic E-state index is 0.307. The van der Waals surface area contributed by atoms with Gasteiger partial charge < -0.3 is 10.6 Å². The molecule has 1 unspecified atom stereocenters. The van der Waals surface area contributed by atoms with E-state index in [1.54, 1.807) is 0 Å². The number of benzene rings is 2. The van der Waals surface area contributed by atoms with E-state index in [2.05, 4.69) is 10.6 Å². The van der Waals surface area contributed by atoms with Crippen molar-refractivity contribution in [2.45, 2.75) is 45.2 Å². The van der Waals surface area contributed by atoms with Crippen molar-refractivity contribution < 1.29 is 18.8 Å². The maximum Gasteiger partial charge on any atom is 0.325 e. The molecule has 30 heavy (non-hydrogen) atoms. The molecule has 2 N–H and O–H groups in total. The number of carbonyl (C=O) groups excluding carboxylic acids is 3. The number of nitrogens with one attached hydrogen (secondary N) is 2. The first-order valence-corrected chi connectivity index (χ1v) is 10.1. The fourth-order valence-electron chi connectivity index (χ4n) is 3.56. The van der Waals surface area contributed by atoms with Crippen molar-refractivity contribution in [1.29, 1.82) is 0 Å². The van der Waals surface area contributed by atoms with Crippen LogP contribution in [0.4, 0.5) is 9.18 Å². The van der Waals surface area contributed by atoms with E-state index < -0.39 is 29.2 Å². The molecule has 1 aliphatic rings. The fraction of sp³-hybridized carbons (Fsp3) is 0.348. The number of urea groups is 1. The summed E-state index contributed by atoms with van der Waals surface area (Å²) in [4.78, 5) is 39.2. The van der Waals surface area contributed by atoms with E-state index in [1.165, 1.54) is 24.3 Å². The molecule has 0 bridgehead atoms. The third kappa shape index (κ3) is 4.50. The Kier molecular flexibility index (Phi) is 6.50. The number of hydrogen-bond donors (Lipinski definition) is 2. The molecule has 1 heterocycles. The van der Waals surface area contributed by atoms with Gasteiger partial charge in [-0.25, -0.2) is 9.18 Å². The third-order valence-electron chi connectivity index (χ3n) is 5.33. The van der Waals surface area contributed by atoms with Gasteiger partial charge in [-0.2, -0.15) is 0 Å². The quantitative estimate of drug-likeness (QED) is 0.654. The van der Waals surface area contributed by atoms with Crippen LogP contribution in [0.3, 0.4) is 0 Å². The van der Waals surface area contributed by atoms with E-state index in [0.29, 0.717) is 24.9 Å². The highest BCUT2D eigenvalue weighted by atomic mass is 19.1. The first-order chi connectivity index (χ1) is 14.4. The first kappa shape index (κ1) is 21.5.